The van der Waals surface area contributed by atoms with Crippen LogP contribution in [0.5, 0.6) is 0 Å². The van der Waals surface area contributed by atoms with Crippen LogP contribution in [0.25, 0.3) is 0 Å². The van der Waals surface area contributed by atoms with Crippen molar-refractivity contribution in [3.8, 4) is 0 Å². The van der Waals surface area contributed by atoms with Gasteiger partial charge in [-0.3, -0.25) is 4.90 Å². The molecule has 25 heavy (non-hydrogen) atoms. The first-order chi connectivity index (χ1) is 11.4. The first-order valence-corrected chi connectivity index (χ1v) is 12.4. The van der Waals surface area contributed by atoms with Crippen molar-refractivity contribution in [3.05, 3.63) is 35.9 Å². The lowest BCUT2D eigenvalue weighted by Gasteiger charge is -2.42. The van der Waals surface area contributed by atoms with E-state index in [1.807, 2.05) is 18.2 Å². The van der Waals surface area contributed by atoms with Crippen LogP contribution >= 0.6 is 0 Å². The molecule has 0 aliphatic heterocycles. The minimum Gasteiger partial charge on any atom is -0.414 e. The van der Waals surface area contributed by atoms with Gasteiger partial charge in [-0.25, -0.2) is 0 Å². The zero-order chi connectivity index (χ0) is 19.4. The van der Waals surface area contributed by atoms with Crippen molar-refractivity contribution >= 4 is 8.32 Å². The van der Waals surface area contributed by atoms with Gasteiger partial charge in [0.15, 0.2) is 8.32 Å². The standard InChI is InChI=1S/C21H39NO2Si/c1-16(2)22(17(3)4)20(18-13-11-10-12-14-18)19(23)15-24-25(8,9)21(5,6)7/h10-14,16-17,19-20,23H,15H2,1-9H3/t19-,20+/m0/s1. The second-order valence-electron chi connectivity index (χ2n) is 9.13. The quantitative estimate of drug-likeness (QED) is 0.640. The molecule has 0 spiro atoms. The summed E-state index contributed by atoms with van der Waals surface area (Å²) in [5.74, 6) is 0. The highest BCUT2D eigenvalue weighted by molar-refractivity contribution is 6.74. The SMILES string of the molecule is CC(C)N(C(C)C)[C@H](c1ccccc1)[C@@H](O)CO[Si](C)(C)C(C)(C)C. The smallest absolute Gasteiger partial charge is 0.192 e. The lowest BCUT2D eigenvalue weighted by atomic mass is 9.97. The molecule has 1 aromatic carbocycles. The van der Waals surface area contributed by atoms with Crippen LogP contribution < -0.4 is 0 Å². The molecule has 0 fully saturated rings. The molecular weight excluding hydrogens is 326 g/mol. The lowest BCUT2D eigenvalue weighted by Crippen LogP contribution is -2.48. The molecule has 1 N–H and O–H groups in total. The number of rotatable bonds is 8. The lowest BCUT2D eigenvalue weighted by molar-refractivity contribution is -0.0139. The maximum Gasteiger partial charge on any atom is 0.192 e. The van der Waals surface area contributed by atoms with E-state index in [2.05, 4.69) is 78.6 Å². The van der Waals surface area contributed by atoms with E-state index in [9.17, 15) is 5.11 Å². The van der Waals surface area contributed by atoms with Crippen LogP contribution in [0.2, 0.25) is 18.1 Å². The van der Waals surface area contributed by atoms with Crippen LogP contribution in [-0.4, -0.2) is 43.1 Å². The summed E-state index contributed by atoms with van der Waals surface area (Å²) in [4.78, 5) is 2.38. The fourth-order valence-electron chi connectivity index (χ4n) is 3.08. The Labute approximate surface area is 156 Å². The van der Waals surface area contributed by atoms with Gasteiger partial charge in [0.25, 0.3) is 0 Å². The average Bonchev–Trinajstić information content (AvgIpc) is 2.49. The Morgan fingerprint density at radius 2 is 1.48 bits per heavy atom. The summed E-state index contributed by atoms with van der Waals surface area (Å²) in [6, 6.07) is 10.9. The van der Waals surface area contributed by atoms with Crippen molar-refractivity contribution in [1.29, 1.82) is 0 Å². The number of hydrogen-bond acceptors (Lipinski definition) is 3. The number of aliphatic hydroxyl groups excluding tert-OH is 1. The Bertz CT molecular complexity index is 500. The molecule has 144 valence electrons. The number of benzene rings is 1. The highest BCUT2D eigenvalue weighted by Gasteiger charge is 2.39. The van der Waals surface area contributed by atoms with Gasteiger partial charge in [-0.05, 0) is 51.4 Å². The minimum absolute atomic E-state index is 0.0639. The van der Waals surface area contributed by atoms with E-state index in [0.29, 0.717) is 18.7 Å². The van der Waals surface area contributed by atoms with Gasteiger partial charge >= 0.3 is 0 Å². The molecular formula is C21H39NO2Si. The third kappa shape index (κ3) is 5.92. The minimum atomic E-state index is -1.88. The molecule has 0 aliphatic carbocycles. The first kappa shape index (κ1) is 22.4. The van der Waals surface area contributed by atoms with Gasteiger partial charge in [-0.1, -0.05) is 51.1 Å². The van der Waals surface area contributed by atoms with Gasteiger partial charge in [0.05, 0.1) is 18.8 Å². The van der Waals surface area contributed by atoms with Gasteiger partial charge in [0.1, 0.15) is 0 Å². The topological polar surface area (TPSA) is 32.7 Å². The summed E-state index contributed by atoms with van der Waals surface area (Å²) in [5.41, 5.74) is 1.15. The van der Waals surface area contributed by atoms with E-state index in [0.717, 1.165) is 5.56 Å². The molecule has 0 aromatic heterocycles. The number of hydrogen-bond donors (Lipinski definition) is 1. The van der Waals surface area contributed by atoms with Gasteiger partial charge in [0.2, 0.25) is 0 Å². The molecule has 0 heterocycles. The van der Waals surface area contributed by atoms with Crippen LogP contribution in [0.1, 0.15) is 60.1 Å². The molecule has 0 aliphatic rings. The normalized spacial score (nSPS) is 15.9. The van der Waals surface area contributed by atoms with Crippen molar-refractivity contribution in [2.75, 3.05) is 6.61 Å². The fraction of sp³-hybridized carbons (Fsp3) is 0.714. The fourth-order valence-corrected chi connectivity index (χ4v) is 4.10. The molecule has 0 unspecified atom stereocenters. The van der Waals surface area contributed by atoms with Crippen LogP contribution in [0.3, 0.4) is 0 Å². The molecule has 2 atom stereocenters. The summed E-state index contributed by atoms with van der Waals surface area (Å²) in [5, 5.41) is 11.3. The molecule has 1 aromatic rings. The summed E-state index contributed by atoms with van der Waals surface area (Å²) >= 11 is 0. The summed E-state index contributed by atoms with van der Waals surface area (Å²) in [6.45, 7) is 20.3. The molecule has 0 radical (unpaired) electrons. The molecule has 1 rings (SSSR count). The maximum absolute atomic E-state index is 11.1. The zero-order valence-corrected chi connectivity index (χ0v) is 18.7. The van der Waals surface area contributed by atoms with E-state index in [1.54, 1.807) is 0 Å². The predicted octanol–water partition coefficient (Wildman–Crippen LogP) is 5.23. The molecule has 0 saturated carbocycles. The monoisotopic (exact) mass is 365 g/mol. The second-order valence-corrected chi connectivity index (χ2v) is 13.9. The third-order valence-electron chi connectivity index (χ3n) is 5.44. The molecule has 3 nitrogen and oxygen atoms in total. The van der Waals surface area contributed by atoms with Crippen LogP contribution in [-0.2, 0) is 4.43 Å². The van der Waals surface area contributed by atoms with Crippen molar-refractivity contribution in [2.24, 2.45) is 0 Å². The van der Waals surface area contributed by atoms with Crippen LogP contribution in [0.15, 0.2) is 30.3 Å². The highest BCUT2D eigenvalue weighted by Crippen LogP contribution is 2.37. The summed E-state index contributed by atoms with van der Waals surface area (Å²) in [7, 11) is -1.88. The highest BCUT2D eigenvalue weighted by atomic mass is 28.4. The van der Waals surface area contributed by atoms with E-state index >= 15 is 0 Å². The van der Waals surface area contributed by atoms with E-state index < -0.39 is 14.4 Å². The summed E-state index contributed by atoms with van der Waals surface area (Å²) < 4.78 is 6.33. The molecule has 0 amide bonds. The van der Waals surface area contributed by atoms with Crippen molar-refractivity contribution in [2.45, 2.75) is 90.8 Å². The maximum atomic E-state index is 11.1. The number of aliphatic hydroxyl groups is 1. The van der Waals surface area contributed by atoms with Gasteiger partial charge in [-0.2, -0.15) is 0 Å². The average molecular weight is 366 g/mol. The van der Waals surface area contributed by atoms with E-state index in [1.165, 1.54) is 0 Å². The van der Waals surface area contributed by atoms with Crippen molar-refractivity contribution in [3.63, 3.8) is 0 Å². The van der Waals surface area contributed by atoms with Gasteiger partial charge < -0.3 is 9.53 Å². The Hall–Kier alpha value is -0.683. The first-order valence-electron chi connectivity index (χ1n) is 9.53. The third-order valence-corrected chi connectivity index (χ3v) is 9.94. The molecule has 0 saturated heterocycles. The van der Waals surface area contributed by atoms with Crippen molar-refractivity contribution < 1.29 is 9.53 Å². The van der Waals surface area contributed by atoms with Gasteiger partial charge in [0, 0.05) is 12.1 Å². The Kier molecular flexibility index (Phi) is 7.87. The Morgan fingerprint density at radius 1 is 1.00 bits per heavy atom. The van der Waals surface area contributed by atoms with E-state index in [4.69, 9.17) is 4.43 Å². The molecule has 0 bridgehead atoms. The number of nitrogens with zero attached hydrogens (tertiary/aromatic N) is 1. The summed E-state index contributed by atoms with van der Waals surface area (Å²) in [6.07, 6.45) is -0.554. The van der Waals surface area contributed by atoms with Gasteiger partial charge in [-0.15, -0.1) is 0 Å². The van der Waals surface area contributed by atoms with Crippen LogP contribution in [0, 0.1) is 0 Å². The largest absolute Gasteiger partial charge is 0.414 e. The molecule has 4 heteroatoms. The Morgan fingerprint density at radius 3 is 1.88 bits per heavy atom. The van der Waals surface area contributed by atoms with E-state index in [-0.39, 0.29) is 11.1 Å². The van der Waals surface area contributed by atoms with Crippen LogP contribution in [0.4, 0.5) is 0 Å². The Balaban J connectivity index is 3.08. The zero-order valence-electron chi connectivity index (χ0n) is 17.7. The predicted molar refractivity (Wildman–Crippen MR) is 110 cm³/mol. The second kappa shape index (κ2) is 8.80. The van der Waals surface area contributed by atoms with Crippen molar-refractivity contribution in [1.82, 2.24) is 4.90 Å².